The third-order valence-corrected chi connectivity index (χ3v) is 2.42. The van der Waals surface area contributed by atoms with Crippen LogP contribution in [0.5, 0.6) is 0 Å². The molecule has 4 heteroatoms. The van der Waals surface area contributed by atoms with Crippen molar-refractivity contribution < 1.29 is 5.11 Å². The van der Waals surface area contributed by atoms with Gasteiger partial charge in [-0.15, -0.1) is 0 Å². The summed E-state index contributed by atoms with van der Waals surface area (Å²) in [6, 6.07) is 2.07. The fourth-order valence-corrected chi connectivity index (χ4v) is 1.56. The van der Waals surface area contributed by atoms with Crippen molar-refractivity contribution in [2.24, 2.45) is 0 Å². The molecule has 0 spiro atoms. The molecule has 1 heterocycles. The molecule has 2 N–H and O–H groups in total. The molecule has 0 fully saturated rings. The molecule has 1 aromatic rings. The van der Waals surface area contributed by atoms with Crippen LogP contribution in [0.2, 0.25) is 0 Å². The van der Waals surface area contributed by atoms with E-state index in [1.54, 1.807) is 0 Å². The summed E-state index contributed by atoms with van der Waals surface area (Å²) in [5.41, 5.74) is 2.09. The fourth-order valence-electron chi connectivity index (χ4n) is 1.56. The molecule has 0 unspecified atom stereocenters. The third kappa shape index (κ3) is 3.70. The number of aliphatic hydroxyl groups excluding tert-OH is 1. The van der Waals surface area contributed by atoms with E-state index in [2.05, 4.69) is 35.1 Å². The van der Waals surface area contributed by atoms with Crippen molar-refractivity contribution in [3.8, 4) is 0 Å². The maximum atomic E-state index is 8.96. The van der Waals surface area contributed by atoms with Crippen molar-refractivity contribution in [3.63, 3.8) is 0 Å². The maximum Gasteiger partial charge on any atom is 0.0606 e. The predicted octanol–water partition coefficient (Wildman–Crippen LogP) is 1.72. The van der Waals surface area contributed by atoms with Crippen LogP contribution in [-0.4, -0.2) is 36.3 Å². The molecule has 0 amide bonds. The zero-order valence-corrected chi connectivity index (χ0v) is 10.1. The lowest BCUT2D eigenvalue weighted by atomic mass is 10.3. The van der Waals surface area contributed by atoms with E-state index in [0.29, 0.717) is 6.54 Å². The Morgan fingerprint density at radius 1 is 1.38 bits per heavy atom. The number of nitrogens with zero attached hydrogens (tertiary/aromatic N) is 2. The lowest BCUT2D eigenvalue weighted by molar-refractivity contribution is 0.302. The largest absolute Gasteiger partial charge is 0.395 e. The van der Waals surface area contributed by atoms with E-state index >= 15 is 0 Å². The highest BCUT2D eigenvalue weighted by molar-refractivity contribution is 5.55. The third-order valence-electron chi connectivity index (χ3n) is 2.42. The molecule has 0 aliphatic heterocycles. The monoisotopic (exact) mass is 223 g/mol. The minimum absolute atomic E-state index is 0.167. The number of nitrogens with one attached hydrogen (secondary N) is 1. The van der Waals surface area contributed by atoms with E-state index in [4.69, 9.17) is 5.11 Å². The first-order chi connectivity index (χ1) is 7.81. The van der Waals surface area contributed by atoms with Gasteiger partial charge >= 0.3 is 0 Å². The molecule has 0 aliphatic carbocycles. The van der Waals surface area contributed by atoms with Gasteiger partial charge in [-0.25, -0.2) is 0 Å². The van der Waals surface area contributed by atoms with Crippen LogP contribution in [0.4, 0.5) is 11.4 Å². The average Bonchev–Trinajstić information content (AvgIpc) is 2.33. The molecule has 16 heavy (non-hydrogen) atoms. The molecule has 4 nitrogen and oxygen atoms in total. The molecule has 0 bridgehead atoms. The number of aromatic nitrogens is 1. The Bertz CT molecular complexity index is 304. The minimum Gasteiger partial charge on any atom is -0.395 e. The summed E-state index contributed by atoms with van der Waals surface area (Å²) in [7, 11) is 0. The minimum atomic E-state index is 0.167. The molecular weight excluding hydrogens is 202 g/mol. The first kappa shape index (κ1) is 12.8. The Kier molecular flexibility index (Phi) is 5.64. The molecule has 90 valence electrons. The number of rotatable bonds is 7. The smallest absolute Gasteiger partial charge is 0.0606 e. The van der Waals surface area contributed by atoms with Crippen LogP contribution >= 0.6 is 0 Å². The Labute approximate surface area is 97.3 Å². The summed E-state index contributed by atoms with van der Waals surface area (Å²) in [5.74, 6) is 0. The van der Waals surface area contributed by atoms with Gasteiger partial charge in [0.15, 0.2) is 0 Å². The van der Waals surface area contributed by atoms with Gasteiger partial charge in [0.25, 0.3) is 0 Å². The SMILES string of the molecule is CCCNc1cncc(N(CC)CCO)c1. The van der Waals surface area contributed by atoms with E-state index in [1.807, 2.05) is 12.4 Å². The number of hydrogen-bond acceptors (Lipinski definition) is 4. The van der Waals surface area contributed by atoms with E-state index in [-0.39, 0.29) is 6.61 Å². The van der Waals surface area contributed by atoms with Gasteiger partial charge in [-0.05, 0) is 19.4 Å². The van der Waals surface area contributed by atoms with Gasteiger partial charge in [0, 0.05) is 19.6 Å². The Morgan fingerprint density at radius 2 is 2.19 bits per heavy atom. The van der Waals surface area contributed by atoms with Crippen LogP contribution in [0.3, 0.4) is 0 Å². The van der Waals surface area contributed by atoms with Gasteiger partial charge in [-0.1, -0.05) is 6.92 Å². The molecular formula is C12H21N3O. The van der Waals surface area contributed by atoms with Crippen molar-refractivity contribution in [1.29, 1.82) is 0 Å². The van der Waals surface area contributed by atoms with E-state index in [9.17, 15) is 0 Å². The molecule has 0 saturated carbocycles. The second-order valence-corrected chi connectivity index (χ2v) is 3.66. The standard InChI is InChI=1S/C12H21N3O/c1-3-5-14-11-8-12(10-13-9-11)15(4-2)6-7-16/h8-10,14,16H,3-7H2,1-2H3. The highest BCUT2D eigenvalue weighted by Crippen LogP contribution is 2.17. The summed E-state index contributed by atoms with van der Waals surface area (Å²) in [4.78, 5) is 6.30. The van der Waals surface area contributed by atoms with Crippen LogP contribution in [-0.2, 0) is 0 Å². The molecule has 1 rings (SSSR count). The second-order valence-electron chi connectivity index (χ2n) is 3.66. The second kappa shape index (κ2) is 7.06. The highest BCUT2D eigenvalue weighted by Gasteiger charge is 2.04. The fraction of sp³-hybridized carbons (Fsp3) is 0.583. The van der Waals surface area contributed by atoms with Gasteiger partial charge in [0.05, 0.1) is 30.4 Å². The van der Waals surface area contributed by atoms with Crippen LogP contribution < -0.4 is 10.2 Å². The van der Waals surface area contributed by atoms with Gasteiger partial charge in [-0.3, -0.25) is 4.98 Å². The summed E-state index contributed by atoms with van der Waals surface area (Å²) in [6.45, 7) is 6.85. The number of anilines is 2. The first-order valence-corrected chi connectivity index (χ1v) is 5.86. The Hall–Kier alpha value is -1.29. The quantitative estimate of drug-likeness (QED) is 0.739. The number of hydrogen-bond donors (Lipinski definition) is 2. The summed E-state index contributed by atoms with van der Waals surface area (Å²) in [5, 5.41) is 12.3. The zero-order valence-electron chi connectivity index (χ0n) is 10.1. The van der Waals surface area contributed by atoms with Crippen LogP contribution in [0.1, 0.15) is 20.3 Å². The highest BCUT2D eigenvalue weighted by atomic mass is 16.3. The van der Waals surface area contributed by atoms with Gasteiger partial charge < -0.3 is 15.3 Å². The molecule has 0 radical (unpaired) electrons. The van der Waals surface area contributed by atoms with E-state index in [0.717, 1.165) is 30.9 Å². The van der Waals surface area contributed by atoms with Crippen LogP contribution in [0, 0.1) is 0 Å². The first-order valence-electron chi connectivity index (χ1n) is 5.86. The topological polar surface area (TPSA) is 48.4 Å². The maximum absolute atomic E-state index is 8.96. The number of likely N-dealkylation sites (N-methyl/N-ethyl adjacent to an activating group) is 1. The molecule has 0 aliphatic rings. The molecule has 0 saturated heterocycles. The number of aliphatic hydroxyl groups is 1. The molecule has 0 atom stereocenters. The normalized spacial score (nSPS) is 10.2. The van der Waals surface area contributed by atoms with E-state index < -0.39 is 0 Å². The molecule has 1 aromatic heterocycles. The van der Waals surface area contributed by atoms with Crippen LogP contribution in [0.25, 0.3) is 0 Å². The van der Waals surface area contributed by atoms with Crippen molar-refractivity contribution in [1.82, 2.24) is 4.98 Å². The van der Waals surface area contributed by atoms with Crippen LogP contribution in [0.15, 0.2) is 18.5 Å². The predicted molar refractivity (Wildman–Crippen MR) is 68.0 cm³/mol. The van der Waals surface area contributed by atoms with Crippen molar-refractivity contribution >= 4 is 11.4 Å². The molecule has 0 aromatic carbocycles. The summed E-state index contributed by atoms with van der Waals surface area (Å²) >= 11 is 0. The van der Waals surface area contributed by atoms with Crippen molar-refractivity contribution in [3.05, 3.63) is 18.5 Å². The Balaban J connectivity index is 2.71. The average molecular weight is 223 g/mol. The zero-order chi connectivity index (χ0) is 11.8. The van der Waals surface area contributed by atoms with Gasteiger partial charge in [-0.2, -0.15) is 0 Å². The summed E-state index contributed by atoms with van der Waals surface area (Å²) in [6.07, 6.45) is 4.75. The van der Waals surface area contributed by atoms with Crippen molar-refractivity contribution in [2.75, 3.05) is 36.5 Å². The van der Waals surface area contributed by atoms with Crippen molar-refractivity contribution in [2.45, 2.75) is 20.3 Å². The Morgan fingerprint density at radius 3 is 2.81 bits per heavy atom. The lowest BCUT2D eigenvalue weighted by Gasteiger charge is -2.22. The van der Waals surface area contributed by atoms with Gasteiger partial charge in [0.2, 0.25) is 0 Å². The van der Waals surface area contributed by atoms with Gasteiger partial charge in [0.1, 0.15) is 0 Å². The number of pyridine rings is 1. The summed E-state index contributed by atoms with van der Waals surface area (Å²) < 4.78 is 0. The lowest BCUT2D eigenvalue weighted by Crippen LogP contribution is -2.26. The van der Waals surface area contributed by atoms with E-state index in [1.165, 1.54) is 0 Å².